The molecule has 3 amide bonds. The number of likely N-dealkylation sites (tertiary alicyclic amines) is 1. The average molecular weight is 421 g/mol. The zero-order chi connectivity index (χ0) is 21.2. The zero-order valence-corrected chi connectivity index (χ0v) is 17.9. The molecule has 1 aromatic rings. The SMILES string of the molecule is CS(=O)N1CC2(CCN(C(=O)CNC(=O)C(C)(C)NC=O)CC2)c2ccccc21. The topological polar surface area (TPSA) is 98.8 Å². The molecule has 2 aliphatic rings. The van der Waals surface area contributed by atoms with Gasteiger partial charge in [-0.3, -0.25) is 18.7 Å². The fraction of sp³-hybridized carbons (Fsp3) is 0.550. The maximum Gasteiger partial charge on any atom is 0.245 e. The summed E-state index contributed by atoms with van der Waals surface area (Å²) >= 11 is 0. The van der Waals surface area contributed by atoms with Crippen LogP contribution in [0.25, 0.3) is 0 Å². The van der Waals surface area contributed by atoms with Gasteiger partial charge in [0.2, 0.25) is 18.2 Å². The van der Waals surface area contributed by atoms with Crippen LogP contribution in [-0.4, -0.2) is 65.3 Å². The van der Waals surface area contributed by atoms with Gasteiger partial charge >= 0.3 is 0 Å². The molecule has 0 aromatic heterocycles. The van der Waals surface area contributed by atoms with Crippen molar-refractivity contribution >= 4 is 34.9 Å². The third-order valence-electron chi connectivity index (χ3n) is 5.96. The monoisotopic (exact) mass is 420 g/mol. The molecular weight excluding hydrogens is 392 g/mol. The Morgan fingerprint density at radius 2 is 1.90 bits per heavy atom. The molecule has 3 rings (SSSR count). The normalized spacial score (nSPS) is 18.9. The van der Waals surface area contributed by atoms with E-state index in [1.165, 1.54) is 5.56 Å². The number of amides is 3. The number of carbonyl (C=O) groups excluding carboxylic acids is 3. The maximum atomic E-state index is 12.6. The Kier molecular flexibility index (Phi) is 5.97. The first kappa shape index (κ1) is 21.3. The molecule has 29 heavy (non-hydrogen) atoms. The molecule has 1 atom stereocenters. The van der Waals surface area contributed by atoms with Gasteiger partial charge in [0.15, 0.2) is 0 Å². The van der Waals surface area contributed by atoms with E-state index in [0.29, 0.717) is 26.0 Å². The smallest absolute Gasteiger partial charge is 0.245 e. The highest BCUT2D eigenvalue weighted by molar-refractivity contribution is 7.85. The number of fused-ring (bicyclic) bond motifs is 2. The van der Waals surface area contributed by atoms with Gasteiger partial charge in [0.1, 0.15) is 16.5 Å². The molecule has 0 saturated carbocycles. The zero-order valence-electron chi connectivity index (χ0n) is 17.1. The summed E-state index contributed by atoms with van der Waals surface area (Å²) < 4.78 is 14.1. The van der Waals surface area contributed by atoms with Gasteiger partial charge < -0.3 is 15.5 Å². The number of benzene rings is 1. The van der Waals surface area contributed by atoms with Crippen molar-refractivity contribution in [3.63, 3.8) is 0 Å². The molecule has 1 saturated heterocycles. The summed E-state index contributed by atoms with van der Waals surface area (Å²) in [7, 11) is -1.09. The number of nitrogens with one attached hydrogen (secondary N) is 2. The number of rotatable bonds is 6. The van der Waals surface area contributed by atoms with Crippen LogP contribution in [0, 0.1) is 0 Å². The van der Waals surface area contributed by atoms with Crippen molar-refractivity contribution in [2.24, 2.45) is 0 Å². The first-order valence-corrected chi connectivity index (χ1v) is 11.2. The third kappa shape index (κ3) is 4.14. The number of hydrogen-bond acceptors (Lipinski definition) is 4. The largest absolute Gasteiger partial charge is 0.345 e. The predicted octanol–water partition coefficient (Wildman–Crippen LogP) is 0.301. The molecule has 0 aliphatic carbocycles. The predicted molar refractivity (Wildman–Crippen MR) is 112 cm³/mol. The van der Waals surface area contributed by atoms with E-state index in [0.717, 1.165) is 18.5 Å². The van der Waals surface area contributed by atoms with Gasteiger partial charge in [0.05, 0.1) is 12.2 Å². The lowest BCUT2D eigenvalue weighted by molar-refractivity contribution is -0.135. The molecule has 0 bridgehead atoms. The molecular formula is C20H28N4O4S. The summed E-state index contributed by atoms with van der Waals surface area (Å²) in [6.07, 6.45) is 3.74. The van der Waals surface area contributed by atoms with Crippen LogP contribution in [0.4, 0.5) is 5.69 Å². The molecule has 1 unspecified atom stereocenters. The second kappa shape index (κ2) is 8.14. The number of carbonyl (C=O) groups is 3. The first-order chi connectivity index (χ1) is 13.7. The lowest BCUT2D eigenvalue weighted by Gasteiger charge is -2.40. The van der Waals surface area contributed by atoms with Gasteiger partial charge in [0, 0.05) is 31.3 Å². The van der Waals surface area contributed by atoms with Gasteiger partial charge in [-0.25, -0.2) is 4.21 Å². The second-order valence-corrected chi connectivity index (χ2v) is 9.50. The van der Waals surface area contributed by atoms with Crippen LogP contribution in [0.3, 0.4) is 0 Å². The van der Waals surface area contributed by atoms with E-state index in [4.69, 9.17) is 0 Å². The van der Waals surface area contributed by atoms with Crippen LogP contribution >= 0.6 is 0 Å². The fourth-order valence-corrected chi connectivity index (χ4v) is 4.99. The van der Waals surface area contributed by atoms with Crippen LogP contribution < -0.4 is 14.9 Å². The minimum absolute atomic E-state index is 0.0990. The van der Waals surface area contributed by atoms with Crippen LogP contribution in [0.15, 0.2) is 24.3 Å². The van der Waals surface area contributed by atoms with Crippen LogP contribution in [0.5, 0.6) is 0 Å². The van der Waals surface area contributed by atoms with Gasteiger partial charge in [-0.05, 0) is 38.3 Å². The third-order valence-corrected chi connectivity index (χ3v) is 6.91. The lowest BCUT2D eigenvalue weighted by Crippen LogP contribution is -2.55. The lowest BCUT2D eigenvalue weighted by atomic mass is 9.74. The molecule has 2 heterocycles. The van der Waals surface area contributed by atoms with Crippen LogP contribution in [-0.2, 0) is 30.8 Å². The molecule has 9 heteroatoms. The standard InChI is InChI=1S/C20H28N4O4S/c1-19(2,22-14-25)18(27)21-12-17(26)23-10-8-20(9-11-23)13-24(29(3)28)16-7-5-4-6-15(16)20/h4-7,14H,8-13H2,1-3H3,(H,21,27)(H,22,25). The average Bonchev–Trinajstić information content (AvgIpc) is 3.01. The molecule has 1 aromatic carbocycles. The second-order valence-electron chi connectivity index (χ2n) is 8.21. The van der Waals surface area contributed by atoms with Crippen molar-refractivity contribution in [2.75, 3.05) is 36.7 Å². The number of nitrogens with zero attached hydrogens (tertiary/aromatic N) is 2. The number of piperidine rings is 1. The molecule has 2 aliphatic heterocycles. The highest BCUT2D eigenvalue weighted by atomic mass is 32.2. The van der Waals surface area contributed by atoms with Crippen LogP contribution in [0.2, 0.25) is 0 Å². The van der Waals surface area contributed by atoms with Gasteiger partial charge in [-0.15, -0.1) is 0 Å². The molecule has 158 valence electrons. The van der Waals surface area contributed by atoms with E-state index in [9.17, 15) is 18.6 Å². The summed E-state index contributed by atoms with van der Waals surface area (Å²) in [4.78, 5) is 37.1. The molecule has 2 N–H and O–H groups in total. The van der Waals surface area contributed by atoms with Crippen molar-refractivity contribution in [2.45, 2.75) is 37.6 Å². The minimum Gasteiger partial charge on any atom is -0.345 e. The summed E-state index contributed by atoms with van der Waals surface area (Å²) in [6.45, 7) is 4.92. The summed E-state index contributed by atoms with van der Waals surface area (Å²) in [5.41, 5.74) is 1.06. The van der Waals surface area contributed by atoms with Crippen LogP contribution in [0.1, 0.15) is 32.3 Å². The Bertz CT molecular complexity index is 834. The first-order valence-electron chi connectivity index (χ1n) is 9.68. The van der Waals surface area contributed by atoms with Gasteiger partial charge in [-0.2, -0.15) is 0 Å². The van der Waals surface area contributed by atoms with E-state index >= 15 is 0 Å². The molecule has 1 spiro atoms. The number of anilines is 1. The molecule has 0 radical (unpaired) electrons. The van der Waals surface area contributed by atoms with E-state index < -0.39 is 22.4 Å². The van der Waals surface area contributed by atoms with E-state index in [1.807, 2.05) is 22.5 Å². The molecule has 1 fully saturated rings. The van der Waals surface area contributed by atoms with Crippen molar-refractivity contribution in [3.8, 4) is 0 Å². The number of para-hydroxylation sites is 1. The Morgan fingerprint density at radius 3 is 2.52 bits per heavy atom. The Hall–Kier alpha value is -2.42. The van der Waals surface area contributed by atoms with Gasteiger partial charge in [-0.1, -0.05) is 18.2 Å². The van der Waals surface area contributed by atoms with Crippen molar-refractivity contribution in [1.29, 1.82) is 0 Å². The van der Waals surface area contributed by atoms with E-state index in [1.54, 1.807) is 25.0 Å². The molecule has 8 nitrogen and oxygen atoms in total. The summed E-state index contributed by atoms with van der Waals surface area (Å²) in [6, 6.07) is 8.07. The summed E-state index contributed by atoms with van der Waals surface area (Å²) in [5.74, 6) is -0.547. The fourth-order valence-electron chi connectivity index (χ4n) is 4.13. The highest BCUT2D eigenvalue weighted by Gasteiger charge is 2.46. The van der Waals surface area contributed by atoms with Crippen molar-refractivity contribution in [1.82, 2.24) is 15.5 Å². The van der Waals surface area contributed by atoms with E-state index in [2.05, 4.69) is 16.7 Å². The Morgan fingerprint density at radius 1 is 1.24 bits per heavy atom. The van der Waals surface area contributed by atoms with Crippen molar-refractivity contribution in [3.05, 3.63) is 29.8 Å². The maximum absolute atomic E-state index is 12.6. The highest BCUT2D eigenvalue weighted by Crippen LogP contribution is 2.47. The Balaban J connectivity index is 1.61. The summed E-state index contributed by atoms with van der Waals surface area (Å²) in [5, 5.41) is 5.04. The Labute approximate surface area is 173 Å². The van der Waals surface area contributed by atoms with Crippen molar-refractivity contribution < 1.29 is 18.6 Å². The minimum atomic E-state index is -1.09. The van der Waals surface area contributed by atoms with Gasteiger partial charge in [0.25, 0.3) is 0 Å². The van der Waals surface area contributed by atoms with E-state index in [-0.39, 0.29) is 17.9 Å². The quantitative estimate of drug-likeness (QED) is 0.647. The number of hydrogen-bond donors (Lipinski definition) is 2.